The Morgan fingerprint density at radius 3 is 2.87 bits per heavy atom. The van der Waals surface area contributed by atoms with E-state index in [0.717, 1.165) is 54.6 Å². The molecule has 1 fully saturated rings. The lowest BCUT2D eigenvalue weighted by atomic mass is 10.0. The summed E-state index contributed by atoms with van der Waals surface area (Å²) in [6.45, 7) is 2.01. The summed E-state index contributed by atoms with van der Waals surface area (Å²) in [5.74, 6) is 0.920. The SMILES string of the molecule is COc1ccc(N(Cc2cccnc2)c2cccc(C(=O)O)c2)nc1CC1CCOC1. The van der Waals surface area contributed by atoms with E-state index in [9.17, 15) is 9.90 Å². The Labute approximate surface area is 181 Å². The fourth-order valence-electron chi connectivity index (χ4n) is 3.76. The third kappa shape index (κ3) is 5.00. The highest BCUT2D eigenvalue weighted by atomic mass is 16.5. The van der Waals surface area contributed by atoms with E-state index in [4.69, 9.17) is 14.5 Å². The number of aromatic carboxylic acids is 1. The van der Waals surface area contributed by atoms with Gasteiger partial charge in [-0.05, 0) is 60.7 Å². The Kier molecular flexibility index (Phi) is 6.43. The highest BCUT2D eigenvalue weighted by Gasteiger charge is 2.21. The van der Waals surface area contributed by atoms with Crippen molar-refractivity contribution >= 4 is 17.5 Å². The van der Waals surface area contributed by atoms with Crippen LogP contribution in [0, 0.1) is 5.92 Å². The first kappa shape index (κ1) is 20.8. The van der Waals surface area contributed by atoms with Gasteiger partial charge in [0, 0.05) is 31.3 Å². The number of nitrogens with zero attached hydrogens (tertiary/aromatic N) is 3. The molecule has 1 aliphatic heterocycles. The predicted molar refractivity (Wildman–Crippen MR) is 117 cm³/mol. The third-order valence-electron chi connectivity index (χ3n) is 5.39. The van der Waals surface area contributed by atoms with E-state index in [1.807, 2.05) is 35.2 Å². The van der Waals surface area contributed by atoms with Crippen molar-refractivity contribution < 1.29 is 19.4 Å². The second kappa shape index (κ2) is 9.57. The van der Waals surface area contributed by atoms with Gasteiger partial charge >= 0.3 is 5.97 Å². The number of ether oxygens (including phenoxy) is 2. The molecule has 1 atom stereocenters. The van der Waals surface area contributed by atoms with Crippen molar-refractivity contribution in [3.63, 3.8) is 0 Å². The van der Waals surface area contributed by atoms with Crippen molar-refractivity contribution in [1.82, 2.24) is 9.97 Å². The molecule has 1 saturated heterocycles. The molecule has 0 bridgehead atoms. The minimum absolute atomic E-state index is 0.227. The molecule has 0 aliphatic carbocycles. The van der Waals surface area contributed by atoms with Crippen LogP contribution < -0.4 is 9.64 Å². The normalized spacial score (nSPS) is 15.6. The van der Waals surface area contributed by atoms with E-state index in [1.54, 1.807) is 37.7 Å². The number of benzene rings is 1. The van der Waals surface area contributed by atoms with Crippen LogP contribution in [0.15, 0.2) is 60.9 Å². The number of aromatic nitrogens is 2. The summed E-state index contributed by atoms with van der Waals surface area (Å²) in [4.78, 5) is 22.7. The van der Waals surface area contributed by atoms with Crippen molar-refractivity contribution in [3.8, 4) is 5.75 Å². The minimum atomic E-state index is -0.965. The Hall–Kier alpha value is -3.45. The molecule has 0 radical (unpaired) electrons. The number of anilines is 2. The zero-order valence-electron chi connectivity index (χ0n) is 17.4. The Bertz CT molecular complexity index is 1040. The van der Waals surface area contributed by atoms with Gasteiger partial charge < -0.3 is 19.5 Å². The maximum atomic E-state index is 11.5. The molecule has 0 amide bonds. The van der Waals surface area contributed by atoms with Crippen molar-refractivity contribution in [3.05, 3.63) is 77.7 Å². The quantitative estimate of drug-likeness (QED) is 0.588. The molecule has 3 heterocycles. The van der Waals surface area contributed by atoms with E-state index >= 15 is 0 Å². The Morgan fingerprint density at radius 1 is 1.26 bits per heavy atom. The van der Waals surface area contributed by atoms with Crippen molar-refractivity contribution in [2.24, 2.45) is 5.92 Å². The van der Waals surface area contributed by atoms with E-state index in [-0.39, 0.29) is 5.56 Å². The monoisotopic (exact) mass is 419 g/mol. The lowest BCUT2D eigenvalue weighted by Gasteiger charge is -2.25. The molecule has 0 saturated carbocycles. The van der Waals surface area contributed by atoms with Crippen LogP contribution in [0.1, 0.15) is 28.0 Å². The van der Waals surface area contributed by atoms with Crippen LogP contribution >= 0.6 is 0 Å². The average molecular weight is 419 g/mol. The highest BCUT2D eigenvalue weighted by molar-refractivity contribution is 5.89. The molecule has 31 heavy (non-hydrogen) atoms. The second-order valence-corrected chi connectivity index (χ2v) is 7.56. The van der Waals surface area contributed by atoms with Gasteiger partial charge in [-0.3, -0.25) is 4.98 Å². The number of carboxylic acid groups (broad SMARTS) is 1. The predicted octanol–water partition coefficient (Wildman–Crippen LogP) is 4.10. The molecule has 160 valence electrons. The summed E-state index contributed by atoms with van der Waals surface area (Å²) < 4.78 is 11.1. The van der Waals surface area contributed by atoms with Gasteiger partial charge in [-0.25, -0.2) is 9.78 Å². The number of hydrogen-bond donors (Lipinski definition) is 1. The molecule has 1 unspecified atom stereocenters. The maximum Gasteiger partial charge on any atom is 0.335 e. The van der Waals surface area contributed by atoms with Crippen LogP contribution in [0.25, 0.3) is 0 Å². The molecule has 1 aliphatic rings. The molecule has 4 rings (SSSR count). The number of rotatable bonds is 8. The summed E-state index contributed by atoms with van der Waals surface area (Å²) in [5, 5.41) is 9.45. The van der Waals surface area contributed by atoms with Gasteiger partial charge in [0.2, 0.25) is 0 Å². The fraction of sp³-hybridized carbons (Fsp3) is 0.292. The zero-order chi connectivity index (χ0) is 21.6. The zero-order valence-corrected chi connectivity index (χ0v) is 17.4. The smallest absolute Gasteiger partial charge is 0.335 e. The number of methoxy groups -OCH3 is 1. The van der Waals surface area contributed by atoms with Gasteiger partial charge in [0.05, 0.1) is 24.9 Å². The lowest BCUT2D eigenvalue weighted by molar-refractivity contribution is 0.0697. The fourth-order valence-corrected chi connectivity index (χ4v) is 3.76. The second-order valence-electron chi connectivity index (χ2n) is 7.56. The maximum absolute atomic E-state index is 11.5. The molecule has 1 N–H and O–H groups in total. The molecular weight excluding hydrogens is 394 g/mol. The van der Waals surface area contributed by atoms with Crippen LogP contribution in [0.4, 0.5) is 11.5 Å². The number of carbonyl (C=O) groups is 1. The van der Waals surface area contributed by atoms with Crippen LogP contribution in [-0.2, 0) is 17.7 Å². The summed E-state index contributed by atoms with van der Waals surface area (Å²) in [5.41, 5.74) is 2.84. The summed E-state index contributed by atoms with van der Waals surface area (Å²) in [6, 6.07) is 14.6. The molecule has 7 heteroatoms. The summed E-state index contributed by atoms with van der Waals surface area (Å²) in [6.07, 6.45) is 5.31. The first-order valence-electron chi connectivity index (χ1n) is 10.3. The van der Waals surface area contributed by atoms with Crippen LogP contribution in [0.2, 0.25) is 0 Å². The number of carboxylic acids is 1. The highest BCUT2D eigenvalue weighted by Crippen LogP contribution is 2.31. The molecule has 3 aromatic rings. The standard InChI is InChI=1S/C24H25N3O4/c1-30-22-7-8-23(26-21(22)12-17-9-11-31-16-17)27(15-18-4-3-10-25-14-18)20-6-2-5-19(13-20)24(28)29/h2-8,10,13-14,17H,9,11-12,15-16H2,1H3,(H,28,29). The van der Waals surface area contributed by atoms with Gasteiger partial charge in [0.1, 0.15) is 11.6 Å². The molecule has 2 aromatic heterocycles. The van der Waals surface area contributed by atoms with Gasteiger partial charge in [-0.2, -0.15) is 0 Å². The van der Waals surface area contributed by atoms with Crippen molar-refractivity contribution in [2.75, 3.05) is 25.2 Å². The van der Waals surface area contributed by atoms with Gasteiger partial charge in [0.15, 0.2) is 0 Å². The average Bonchev–Trinajstić information content (AvgIpc) is 3.31. The van der Waals surface area contributed by atoms with Crippen molar-refractivity contribution in [1.29, 1.82) is 0 Å². The minimum Gasteiger partial charge on any atom is -0.495 e. The molecule has 0 spiro atoms. The Balaban J connectivity index is 1.73. The third-order valence-corrected chi connectivity index (χ3v) is 5.39. The van der Waals surface area contributed by atoms with Gasteiger partial charge in [0.25, 0.3) is 0 Å². The van der Waals surface area contributed by atoms with E-state index in [2.05, 4.69) is 4.98 Å². The summed E-state index contributed by atoms with van der Waals surface area (Å²) in [7, 11) is 1.65. The van der Waals surface area contributed by atoms with Crippen LogP contribution in [0.3, 0.4) is 0 Å². The van der Waals surface area contributed by atoms with Gasteiger partial charge in [-0.1, -0.05) is 12.1 Å². The molecule has 1 aromatic carbocycles. The first-order valence-corrected chi connectivity index (χ1v) is 10.3. The van der Waals surface area contributed by atoms with Crippen LogP contribution in [0.5, 0.6) is 5.75 Å². The summed E-state index contributed by atoms with van der Waals surface area (Å²) >= 11 is 0. The van der Waals surface area contributed by atoms with E-state index in [0.29, 0.717) is 12.5 Å². The largest absolute Gasteiger partial charge is 0.495 e. The van der Waals surface area contributed by atoms with Crippen LogP contribution in [-0.4, -0.2) is 41.4 Å². The Morgan fingerprint density at radius 2 is 2.16 bits per heavy atom. The van der Waals surface area contributed by atoms with Crippen molar-refractivity contribution in [2.45, 2.75) is 19.4 Å². The first-order chi connectivity index (χ1) is 15.1. The molecule has 7 nitrogen and oxygen atoms in total. The lowest BCUT2D eigenvalue weighted by Crippen LogP contribution is -2.19. The number of hydrogen-bond acceptors (Lipinski definition) is 6. The van der Waals surface area contributed by atoms with Gasteiger partial charge in [-0.15, -0.1) is 0 Å². The molecular formula is C24H25N3O4. The number of pyridine rings is 2. The van der Waals surface area contributed by atoms with E-state index in [1.165, 1.54) is 0 Å². The van der Waals surface area contributed by atoms with E-state index < -0.39 is 5.97 Å². The topological polar surface area (TPSA) is 84.8 Å².